The molecule has 2 rings (SSSR count). The molecule has 1 aromatic carbocycles. The van der Waals surface area contributed by atoms with Gasteiger partial charge in [0.1, 0.15) is 5.69 Å². The maximum atomic E-state index is 12.4. The molecule has 0 saturated carbocycles. The van der Waals surface area contributed by atoms with E-state index in [1.165, 1.54) is 6.07 Å². The van der Waals surface area contributed by atoms with Crippen LogP contribution in [0.5, 0.6) is 0 Å². The molecule has 0 saturated heterocycles. The molecule has 0 spiro atoms. The zero-order valence-electron chi connectivity index (χ0n) is 10.9. The van der Waals surface area contributed by atoms with Crippen LogP contribution >= 0.6 is 11.6 Å². The van der Waals surface area contributed by atoms with Gasteiger partial charge in [-0.1, -0.05) is 36.4 Å². The number of benzene rings is 1. The average molecular weight is 291 g/mol. The summed E-state index contributed by atoms with van der Waals surface area (Å²) in [6.07, 6.45) is 0. The van der Waals surface area contributed by atoms with Gasteiger partial charge >= 0.3 is 0 Å². The van der Waals surface area contributed by atoms with Crippen molar-refractivity contribution >= 4 is 17.5 Å². The Morgan fingerprint density at radius 2 is 1.85 bits per heavy atom. The van der Waals surface area contributed by atoms with Crippen molar-refractivity contribution in [2.75, 3.05) is 12.4 Å². The van der Waals surface area contributed by atoms with Crippen molar-refractivity contribution in [3.63, 3.8) is 0 Å². The summed E-state index contributed by atoms with van der Waals surface area (Å²) in [4.78, 5) is 27.8. The van der Waals surface area contributed by atoms with E-state index in [0.29, 0.717) is 19.0 Å². The third-order valence-electron chi connectivity index (χ3n) is 2.86. The monoisotopic (exact) mass is 290 g/mol. The van der Waals surface area contributed by atoms with Gasteiger partial charge in [-0.05, 0) is 11.6 Å². The molecule has 1 amide bonds. The lowest BCUT2D eigenvalue weighted by molar-refractivity contribution is 0.0747. The third kappa shape index (κ3) is 3.71. The molecule has 4 nitrogen and oxygen atoms in total. The summed E-state index contributed by atoms with van der Waals surface area (Å²) in [5.41, 5.74) is 1.00. The van der Waals surface area contributed by atoms with Gasteiger partial charge < -0.3 is 9.88 Å². The molecule has 5 heteroatoms. The topological polar surface area (TPSA) is 53.2 Å². The normalized spacial score (nSPS) is 10.2. The van der Waals surface area contributed by atoms with E-state index in [9.17, 15) is 9.59 Å². The number of carbonyl (C=O) groups excluding carboxylic acids is 1. The summed E-state index contributed by atoms with van der Waals surface area (Å²) in [6, 6.07) is 14.2. The van der Waals surface area contributed by atoms with Crippen molar-refractivity contribution in [1.82, 2.24) is 9.88 Å². The number of rotatable bonds is 5. The second-order valence-electron chi connectivity index (χ2n) is 4.33. The number of amides is 1. The molecule has 2 aromatic rings. The highest BCUT2D eigenvalue weighted by Gasteiger charge is 2.16. The Bertz CT molecular complexity index is 625. The summed E-state index contributed by atoms with van der Waals surface area (Å²) >= 11 is 5.76. The Morgan fingerprint density at radius 1 is 1.10 bits per heavy atom. The lowest BCUT2D eigenvalue weighted by Crippen LogP contribution is -2.33. The van der Waals surface area contributed by atoms with Crippen LogP contribution in [0.3, 0.4) is 0 Å². The molecule has 1 N–H and O–H groups in total. The second-order valence-corrected chi connectivity index (χ2v) is 4.71. The summed E-state index contributed by atoms with van der Waals surface area (Å²) in [5, 5.41) is 0. The SMILES string of the molecule is O=C(c1cccc(=O)[nH]1)N(CCCl)Cc1ccccc1. The Labute approximate surface area is 122 Å². The minimum absolute atomic E-state index is 0.229. The molecular formula is C15H15ClN2O2. The number of carbonyl (C=O) groups is 1. The zero-order chi connectivity index (χ0) is 14.4. The second kappa shape index (κ2) is 6.91. The molecule has 0 bridgehead atoms. The Kier molecular flexibility index (Phi) is 4.96. The van der Waals surface area contributed by atoms with Crippen molar-refractivity contribution in [3.8, 4) is 0 Å². The number of halogens is 1. The van der Waals surface area contributed by atoms with Gasteiger partial charge in [-0.2, -0.15) is 0 Å². The van der Waals surface area contributed by atoms with Crippen LogP contribution in [0.4, 0.5) is 0 Å². The van der Waals surface area contributed by atoms with Gasteiger partial charge in [0.25, 0.3) is 5.91 Å². The lowest BCUT2D eigenvalue weighted by atomic mass is 10.2. The number of hydrogen-bond acceptors (Lipinski definition) is 2. The van der Waals surface area contributed by atoms with E-state index in [1.807, 2.05) is 30.3 Å². The van der Waals surface area contributed by atoms with Crippen LogP contribution in [0.25, 0.3) is 0 Å². The first-order valence-electron chi connectivity index (χ1n) is 6.29. The Balaban J connectivity index is 2.20. The van der Waals surface area contributed by atoms with E-state index in [1.54, 1.807) is 17.0 Å². The molecule has 0 unspecified atom stereocenters. The van der Waals surface area contributed by atoms with Crippen LogP contribution in [0.2, 0.25) is 0 Å². The fourth-order valence-corrected chi connectivity index (χ4v) is 2.11. The molecule has 0 radical (unpaired) electrons. The summed E-state index contributed by atoms with van der Waals surface area (Å²) in [6.45, 7) is 0.884. The first-order chi connectivity index (χ1) is 9.70. The van der Waals surface area contributed by atoms with Crippen molar-refractivity contribution in [1.29, 1.82) is 0 Å². The van der Waals surface area contributed by atoms with Crippen molar-refractivity contribution in [2.24, 2.45) is 0 Å². The van der Waals surface area contributed by atoms with E-state index in [0.717, 1.165) is 5.56 Å². The largest absolute Gasteiger partial charge is 0.332 e. The number of aromatic nitrogens is 1. The number of aromatic amines is 1. The number of nitrogens with one attached hydrogen (secondary N) is 1. The molecule has 0 atom stereocenters. The first-order valence-corrected chi connectivity index (χ1v) is 6.82. The Morgan fingerprint density at radius 3 is 2.50 bits per heavy atom. The molecule has 0 fully saturated rings. The van der Waals surface area contributed by atoms with Crippen molar-refractivity contribution < 1.29 is 4.79 Å². The molecular weight excluding hydrogens is 276 g/mol. The van der Waals surface area contributed by atoms with Gasteiger partial charge in [0.2, 0.25) is 5.56 Å². The van der Waals surface area contributed by atoms with E-state index in [4.69, 9.17) is 11.6 Å². The summed E-state index contributed by atoms with van der Waals surface area (Å²) in [5.74, 6) is 0.113. The minimum Gasteiger partial charge on any atom is -0.332 e. The van der Waals surface area contributed by atoms with Crippen LogP contribution in [0.15, 0.2) is 53.3 Å². The molecule has 0 aliphatic heterocycles. The highest BCUT2D eigenvalue weighted by Crippen LogP contribution is 2.08. The van der Waals surface area contributed by atoms with Crippen LogP contribution < -0.4 is 5.56 Å². The Hall–Kier alpha value is -2.07. The highest BCUT2D eigenvalue weighted by atomic mass is 35.5. The van der Waals surface area contributed by atoms with E-state index in [-0.39, 0.29) is 17.2 Å². The number of H-pyrrole nitrogens is 1. The first kappa shape index (κ1) is 14.3. The average Bonchev–Trinajstić information content (AvgIpc) is 2.47. The quantitative estimate of drug-likeness (QED) is 0.859. The van der Waals surface area contributed by atoms with Gasteiger partial charge in [-0.15, -0.1) is 11.6 Å². The zero-order valence-corrected chi connectivity index (χ0v) is 11.6. The predicted molar refractivity (Wildman–Crippen MR) is 79.0 cm³/mol. The smallest absolute Gasteiger partial charge is 0.270 e. The van der Waals surface area contributed by atoms with E-state index >= 15 is 0 Å². The molecule has 20 heavy (non-hydrogen) atoms. The summed E-state index contributed by atoms with van der Waals surface area (Å²) < 4.78 is 0. The standard InChI is InChI=1S/C15H15ClN2O2/c16-9-10-18(11-12-5-2-1-3-6-12)15(20)13-7-4-8-14(19)17-13/h1-8H,9-11H2,(H,17,19). The predicted octanol–water partition coefficient (Wildman–Crippen LogP) is 2.26. The maximum absolute atomic E-state index is 12.4. The minimum atomic E-state index is -0.290. The summed E-state index contributed by atoms with van der Waals surface area (Å²) in [7, 11) is 0. The molecule has 1 aromatic heterocycles. The molecule has 0 aliphatic carbocycles. The highest BCUT2D eigenvalue weighted by molar-refractivity contribution is 6.18. The number of hydrogen-bond donors (Lipinski definition) is 1. The number of nitrogens with zero attached hydrogens (tertiary/aromatic N) is 1. The van der Waals surface area contributed by atoms with Crippen LogP contribution in [0, 0.1) is 0 Å². The van der Waals surface area contributed by atoms with Gasteiger partial charge in [0.15, 0.2) is 0 Å². The number of pyridine rings is 1. The van der Waals surface area contributed by atoms with Crippen molar-refractivity contribution in [3.05, 3.63) is 70.1 Å². The molecule has 1 heterocycles. The van der Waals surface area contributed by atoms with E-state index in [2.05, 4.69) is 4.98 Å². The van der Waals surface area contributed by atoms with Gasteiger partial charge in [-0.3, -0.25) is 9.59 Å². The molecule has 104 valence electrons. The van der Waals surface area contributed by atoms with Crippen molar-refractivity contribution in [2.45, 2.75) is 6.54 Å². The molecule has 0 aliphatic rings. The van der Waals surface area contributed by atoms with Crippen LogP contribution in [-0.2, 0) is 6.54 Å². The van der Waals surface area contributed by atoms with Crippen LogP contribution in [0.1, 0.15) is 16.1 Å². The third-order valence-corrected chi connectivity index (χ3v) is 3.03. The lowest BCUT2D eigenvalue weighted by Gasteiger charge is -2.21. The maximum Gasteiger partial charge on any atom is 0.270 e. The van der Waals surface area contributed by atoms with E-state index < -0.39 is 0 Å². The fourth-order valence-electron chi connectivity index (χ4n) is 1.90. The van der Waals surface area contributed by atoms with Crippen LogP contribution in [-0.4, -0.2) is 28.2 Å². The number of alkyl halides is 1. The fraction of sp³-hybridized carbons (Fsp3) is 0.200. The van der Waals surface area contributed by atoms with Gasteiger partial charge in [-0.25, -0.2) is 0 Å². The van der Waals surface area contributed by atoms with Gasteiger partial charge in [0, 0.05) is 25.0 Å². The van der Waals surface area contributed by atoms with Gasteiger partial charge in [0.05, 0.1) is 0 Å².